The van der Waals surface area contributed by atoms with Gasteiger partial charge in [-0.2, -0.15) is 16.9 Å². The van der Waals surface area contributed by atoms with Crippen LogP contribution in [0.4, 0.5) is 10.6 Å². The molecule has 0 spiro atoms. The van der Waals surface area contributed by atoms with E-state index in [2.05, 4.69) is 67.0 Å². The Morgan fingerprint density at radius 1 is 1.05 bits per heavy atom. The monoisotopic (exact) mass is 601 g/mol. The highest BCUT2D eigenvalue weighted by Gasteiger charge is 2.26. The Kier molecular flexibility index (Phi) is 8.79. The summed E-state index contributed by atoms with van der Waals surface area (Å²) in [4.78, 5) is 15.3. The lowest BCUT2D eigenvalue weighted by molar-refractivity contribution is 0.251. The number of urea groups is 1. The summed E-state index contributed by atoms with van der Waals surface area (Å²) in [5.74, 6) is 2.77. The molecule has 5 rings (SSSR count). The van der Waals surface area contributed by atoms with Crippen molar-refractivity contribution >= 4 is 41.0 Å². The lowest BCUT2D eigenvalue weighted by Crippen LogP contribution is -2.29. The number of thioether (sulfide) groups is 1. The smallest absolute Gasteiger partial charge is 0.320 e. The second-order valence-corrected chi connectivity index (χ2v) is 13.0. The predicted octanol–water partition coefficient (Wildman–Crippen LogP) is 6.86. The van der Waals surface area contributed by atoms with E-state index in [1.807, 2.05) is 40.8 Å². The molecule has 0 radical (unpaired) electrons. The molecule has 0 bridgehead atoms. The van der Waals surface area contributed by atoms with Crippen molar-refractivity contribution < 1.29 is 9.90 Å². The fourth-order valence-electron chi connectivity index (χ4n) is 4.58. The molecule has 9 nitrogen and oxygen atoms in total. The second kappa shape index (κ2) is 12.5. The standard InChI is InChI=1S/C31H35N7O2S2/c1-20(2)29-35-34-27-15-14-24(18-37(27)29)42-25-9-7-6-8-21(25)17-32-30(40)33-28-16-26(31(3,4)19-41-5)36-38(28)22-10-12-23(39)13-11-22/h6-16,18,20,39H,17,19H2,1-5H3,(H2,32,33,40). The van der Waals surface area contributed by atoms with Crippen LogP contribution in [0.3, 0.4) is 0 Å². The van der Waals surface area contributed by atoms with Gasteiger partial charge in [0.1, 0.15) is 17.4 Å². The number of nitrogens with zero attached hydrogens (tertiary/aromatic N) is 5. The molecule has 42 heavy (non-hydrogen) atoms. The number of fused-ring (bicyclic) bond motifs is 1. The normalized spacial score (nSPS) is 11.8. The summed E-state index contributed by atoms with van der Waals surface area (Å²) in [5.41, 5.74) is 3.23. The summed E-state index contributed by atoms with van der Waals surface area (Å²) in [6.07, 6.45) is 4.13. The molecule has 0 aliphatic carbocycles. The van der Waals surface area contributed by atoms with Gasteiger partial charge in [0.05, 0.1) is 11.4 Å². The first-order valence-corrected chi connectivity index (χ1v) is 15.9. The third-order valence-electron chi connectivity index (χ3n) is 6.80. The maximum Gasteiger partial charge on any atom is 0.320 e. The van der Waals surface area contributed by atoms with E-state index in [1.165, 1.54) is 0 Å². The molecular weight excluding hydrogens is 567 g/mol. The minimum absolute atomic E-state index is 0.166. The van der Waals surface area contributed by atoms with Crippen LogP contribution in [0.1, 0.15) is 50.7 Å². The number of aromatic hydroxyl groups is 1. The molecular formula is C31H35N7O2S2. The van der Waals surface area contributed by atoms with Gasteiger partial charge >= 0.3 is 6.03 Å². The van der Waals surface area contributed by atoms with E-state index < -0.39 is 0 Å². The van der Waals surface area contributed by atoms with Gasteiger partial charge in [0.25, 0.3) is 0 Å². The number of nitrogens with one attached hydrogen (secondary N) is 2. The molecule has 3 heterocycles. The number of aromatic nitrogens is 5. The van der Waals surface area contributed by atoms with E-state index in [0.29, 0.717) is 12.4 Å². The average molecular weight is 602 g/mol. The van der Waals surface area contributed by atoms with Crippen LogP contribution in [0.25, 0.3) is 11.3 Å². The van der Waals surface area contributed by atoms with E-state index in [1.54, 1.807) is 52.5 Å². The van der Waals surface area contributed by atoms with Gasteiger partial charge in [-0.25, -0.2) is 9.48 Å². The van der Waals surface area contributed by atoms with Crippen molar-refractivity contribution in [3.8, 4) is 11.4 Å². The molecule has 0 aliphatic rings. The summed E-state index contributed by atoms with van der Waals surface area (Å²) >= 11 is 3.38. The van der Waals surface area contributed by atoms with E-state index in [4.69, 9.17) is 5.10 Å². The molecule has 3 aromatic heterocycles. The second-order valence-electron chi connectivity index (χ2n) is 11.0. The summed E-state index contributed by atoms with van der Waals surface area (Å²) in [7, 11) is 0. The minimum atomic E-state index is -0.337. The number of hydrogen-bond donors (Lipinski definition) is 3. The zero-order valence-corrected chi connectivity index (χ0v) is 26.0. The maximum absolute atomic E-state index is 13.2. The molecule has 0 unspecified atom stereocenters. The third-order valence-corrected chi connectivity index (χ3v) is 8.91. The van der Waals surface area contributed by atoms with Crippen molar-refractivity contribution in [3.63, 3.8) is 0 Å². The van der Waals surface area contributed by atoms with Gasteiger partial charge in [-0.3, -0.25) is 9.72 Å². The molecule has 3 N–H and O–H groups in total. The van der Waals surface area contributed by atoms with Crippen LogP contribution in [0.5, 0.6) is 5.75 Å². The summed E-state index contributed by atoms with van der Waals surface area (Å²) < 4.78 is 3.74. The Morgan fingerprint density at radius 2 is 1.81 bits per heavy atom. The van der Waals surface area contributed by atoms with Crippen LogP contribution in [0.15, 0.2) is 82.7 Å². The molecule has 0 saturated heterocycles. The summed E-state index contributed by atoms with van der Waals surface area (Å²) in [6.45, 7) is 8.82. The molecule has 218 valence electrons. The van der Waals surface area contributed by atoms with Crippen molar-refractivity contribution in [3.05, 3.63) is 90.0 Å². The van der Waals surface area contributed by atoms with Crippen LogP contribution in [0.2, 0.25) is 0 Å². The van der Waals surface area contributed by atoms with Crippen molar-refractivity contribution in [2.45, 2.75) is 55.4 Å². The van der Waals surface area contributed by atoms with Gasteiger partial charge in [-0.15, -0.1) is 10.2 Å². The molecule has 0 fully saturated rings. The number of benzene rings is 2. The average Bonchev–Trinajstić information content (AvgIpc) is 3.58. The minimum Gasteiger partial charge on any atom is -0.508 e. The van der Waals surface area contributed by atoms with Crippen molar-refractivity contribution in [2.24, 2.45) is 0 Å². The molecule has 2 amide bonds. The molecule has 0 atom stereocenters. The molecule has 5 aromatic rings. The van der Waals surface area contributed by atoms with Crippen molar-refractivity contribution in [1.29, 1.82) is 0 Å². The first-order valence-electron chi connectivity index (χ1n) is 13.7. The zero-order valence-electron chi connectivity index (χ0n) is 24.3. The van der Waals surface area contributed by atoms with Crippen molar-refractivity contribution in [2.75, 3.05) is 17.3 Å². The fraction of sp³-hybridized carbons (Fsp3) is 0.290. The van der Waals surface area contributed by atoms with E-state index >= 15 is 0 Å². The molecule has 11 heteroatoms. The Bertz CT molecular complexity index is 1690. The Balaban J connectivity index is 1.33. The van der Waals surface area contributed by atoms with Crippen LogP contribution in [-0.2, 0) is 12.0 Å². The number of anilines is 1. The van der Waals surface area contributed by atoms with Gasteiger partial charge in [-0.1, -0.05) is 57.7 Å². The molecule has 0 aliphatic heterocycles. The zero-order chi connectivity index (χ0) is 29.9. The van der Waals surface area contributed by atoms with E-state index in [0.717, 1.165) is 44.0 Å². The van der Waals surface area contributed by atoms with Crippen LogP contribution >= 0.6 is 23.5 Å². The number of carbonyl (C=O) groups is 1. The van der Waals surface area contributed by atoms with Crippen molar-refractivity contribution in [1.82, 2.24) is 29.7 Å². The first-order chi connectivity index (χ1) is 20.1. The Morgan fingerprint density at radius 3 is 2.55 bits per heavy atom. The molecule has 2 aromatic carbocycles. The quantitative estimate of drug-likeness (QED) is 0.160. The number of carbonyl (C=O) groups excluding carboxylic acids is 1. The topological polar surface area (TPSA) is 109 Å². The largest absolute Gasteiger partial charge is 0.508 e. The maximum atomic E-state index is 13.2. The lowest BCUT2D eigenvalue weighted by atomic mass is 9.92. The number of hydrogen-bond acceptors (Lipinski definition) is 7. The molecule has 0 saturated carbocycles. The van der Waals surface area contributed by atoms with Gasteiger partial charge in [0.2, 0.25) is 0 Å². The number of phenolic OH excluding ortho intramolecular Hbond substituents is 1. The van der Waals surface area contributed by atoms with E-state index in [9.17, 15) is 9.90 Å². The highest BCUT2D eigenvalue weighted by molar-refractivity contribution is 7.99. The van der Waals surface area contributed by atoms with Gasteiger partial charge in [0.15, 0.2) is 5.65 Å². The number of phenols is 1. The van der Waals surface area contributed by atoms with Gasteiger partial charge in [-0.05, 0) is 54.3 Å². The first kappa shape index (κ1) is 29.5. The van der Waals surface area contributed by atoms with Crippen LogP contribution < -0.4 is 10.6 Å². The highest BCUT2D eigenvalue weighted by atomic mass is 32.2. The predicted molar refractivity (Wildman–Crippen MR) is 170 cm³/mol. The summed E-state index contributed by atoms with van der Waals surface area (Å²) in [5, 5.41) is 29.2. The third kappa shape index (κ3) is 6.57. The summed E-state index contributed by atoms with van der Waals surface area (Å²) in [6, 6.07) is 20.4. The number of rotatable bonds is 10. The Hall–Kier alpha value is -3.96. The fourth-order valence-corrected chi connectivity index (χ4v) is 6.42. The van der Waals surface area contributed by atoms with Gasteiger partial charge < -0.3 is 10.4 Å². The number of pyridine rings is 1. The van der Waals surface area contributed by atoms with E-state index in [-0.39, 0.29) is 23.1 Å². The number of amides is 2. The Labute approximate surface area is 254 Å². The lowest BCUT2D eigenvalue weighted by Gasteiger charge is -2.20. The highest BCUT2D eigenvalue weighted by Crippen LogP contribution is 2.32. The van der Waals surface area contributed by atoms with Gasteiger partial charge in [0, 0.05) is 45.7 Å². The van der Waals surface area contributed by atoms with Crippen LogP contribution in [0, 0.1) is 0 Å². The SMILES string of the molecule is CSCC(C)(C)c1cc(NC(=O)NCc2ccccc2Sc2ccc3nnc(C(C)C)n3c2)n(-c2ccc(O)cc2)n1. The van der Waals surface area contributed by atoms with Crippen LogP contribution in [-0.4, -0.2) is 47.5 Å².